The lowest BCUT2D eigenvalue weighted by Crippen LogP contribution is -2.30. The maximum atomic E-state index is 9.16. The van der Waals surface area contributed by atoms with Crippen molar-refractivity contribution in [3.05, 3.63) is 22.8 Å². The molecule has 0 spiro atoms. The van der Waals surface area contributed by atoms with Gasteiger partial charge in [0.05, 0.1) is 23.4 Å². The number of aliphatic hydroxyl groups excluding tert-OH is 1. The number of nitrogens with zero attached hydrogens (tertiary/aromatic N) is 2. The molecular formula is C12H17ClN2O2. The molecule has 0 amide bonds. The lowest BCUT2D eigenvalue weighted by molar-refractivity contribution is 0.0820. The highest BCUT2D eigenvalue weighted by Crippen LogP contribution is 2.21. The molecule has 1 saturated heterocycles. The molecule has 1 N–H and O–H groups in total. The van der Waals surface area contributed by atoms with Crippen LogP contribution < -0.4 is 4.90 Å². The van der Waals surface area contributed by atoms with Gasteiger partial charge in [-0.25, -0.2) is 4.98 Å². The van der Waals surface area contributed by atoms with Gasteiger partial charge in [-0.05, 0) is 25.5 Å². The minimum Gasteiger partial charge on any atom is -0.390 e. The van der Waals surface area contributed by atoms with E-state index >= 15 is 0 Å². The van der Waals surface area contributed by atoms with E-state index in [2.05, 4.69) is 16.8 Å². The average Bonchev–Trinajstić information content (AvgIpc) is 2.54. The molecule has 0 bridgehead atoms. The van der Waals surface area contributed by atoms with Crippen molar-refractivity contribution >= 4 is 17.4 Å². The van der Waals surface area contributed by atoms with Gasteiger partial charge in [0.2, 0.25) is 0 Å². The molecule has 2 rings (SSSR count). The normalized spacial score (nSPS) is 21.4. The number of pyridine rings is 1. The van der Waals surface area contributed by atoms with Gasteiger partial charge in [0.25, 0.3) is 0 Å². The Bertz CT molecular complexity index is 387. The van der Waals surface area contributed by atoms with Gasteiger partial charge in [0.15, 0.2) is 0 Å². The number of anilines is 1. The zero-order valence-corrected chi connectivity index (χ0v) is 10.7. The molecule has 94 valence electrons. The summed E-state index contributed by atoms with van der Waals surface area (Å²) in [4.78, 5) is 6.55. The maximum Gasteiger partial charge on any atom is 0.129 e. The van der Waals surface area contributed by atoms with E-state index < -0.39 is 0 Å². The molecule has 1 aliphatic rings. The molecule has 5 heteroatoms. The van der Waals surface area contributed by atoms with Crippen molar-refractivity contribution in [2.45, 2.75) is 26.1 Å². The molecule has 1 fully saturated rings. The van der Waals surface area contributed by atoms with E-state index in [1.165, 1.54) is 0 Å². The average molecular weight is 257 g/mol. The Labute approximate surface area is 106 Å². The molecule has 0 radical (unpaired) electrons. The van der Waals surface area contributed by atoms with Crippen molar-refractivity contribution in [1.29, 1.82) is 0 Å². The monoisotopic (exact) mass is 256 g/mol. The van der Waals surface area contributed by atoms with Crippen LogP contribution in [0.2, 0.25) is 5.02 Å². The summed E-state index contributed by atoms with van der Waals surface area (Å²) in [5, 5.41) is 9.67. The largest absolute Gasteiger partial charge is 0.390 e. The molecule has 0 aromatic carbocycles. The number of ether oxygens (including phenoxy) is 1. The van der Waals surface area contributed by atoms with Gasteiger partial charge in [-0.2, -0.15) is 0 Å². The smallest absolute Gasteiger partial charge is 0.129 e. The van der Waals surface area contributed by atoms with Gasteiger partial charge < -0.3 is 14.7 Å². The molecule has 1 aliphatic heterocycles. The standard InChI is InChI=1S/C12H17ClN2O2/c1-9-7-15(5-2-6-17-9)12-4-3-10(13)11(8-16)14-12/h3-4,9,16H,2,5-8H2,1H3. The van der Waals surface area contributed by atoms with E-state index in [9.17, 15) is 0 Å². The molecule has 1 aromatic rings. The summed E-state index contributed by atoms with van der Waals surface area (Å²) >= 11 is 5.93. The summed E-state index contributed by atoms with van der Waals surface area (Å²) in [5.41, 5.74) is 0.530. The molecule has 1 atom stereocenters. The summed E-state index contributed by atoms with van der Waals surface area (Å²) < 4.78 is 5.59. The van der Waals surface area contributed by atoms with Gasteiger partial charge in [-0.3, -0.25) is 0 Å². The first-order chi connectivity index (χ1) is 8.20. The minimum atomic E-state index is -0.132. The third-order valence-electron chi connectivity index (χ3n) is 2.83. The van der Waals surface area contributed by atoms with Crippen molar-refractivity contribution in [2.24, 2.45) is 0 Å². The van der Waals surface area contributed by atoms with Crippen molar-refractivity contribution in [3.8, 4) is 0 Å². The second kappa shape index (κ2) is 5.67. The van der Waals surface area contributed by atoms with Crippen LogP contribution in [-0.2, 0) is 11.3 Å². The fraction of sp³-hybridized carbons (Fsp3) is 0.583. The predicted molar refractivity (Wildman–Crippen MR) is 67.4 cm³/mol. The Morgan fingerprint density at radius 3 is 3.18 bits per heavy atom. The number of aliphatic hydroxyl groups is 1. The van der Waals surface area contributed by atoms with E-state index in [4.69, 9.17) is 21.4 Å². The third-order valence-corrected chi connectivity index (χ3v) is 3.17. The van der Waals surface area contributed by atoms with E-state index in [0.717, 1.165) is 31.9 Å². The third kappa shape index (κ3) is 3.09. The summed E-state index contributed by atoms with van der Waals surface area (Å²) in [6, 6.07) is 3.67. The number of rotatable bonds is 2. The number of aromatic nitrogens is 1. The van der Waals surface area contributed by atoms with Gasteiger partial charge >= 0.3 is 0 Å². The number of hydrogen-bond acceptors (Lipinski definition) is 4. The highest BCUT2D eigenvalue weighted by molar-refractivity contribution is 6.31. The van der Waals surface area contributed by atoms with E-state index in [-0.39, 0.29) is 12.7 Å². The Hall–Kier alpha value is -0.840. The summed E-state index contributed by atoms with van der Waals surface area (Å²) in [7, 11) is 0. The van der Waals surface area contributed by atoms with Gasteiger partial charge in [-0.15, -0.1) is 0 Å². The second-order valence-corrected chi connectivity index (χ2v) is 4.64. The van der Waals surface area contributed by atoms with Gasteiger partial charge in [-0.1, -0.05) is 11.6 Å². The van der Waals surface area contributed by atoms with Gasteiger partial charge in [0, 0.05) is 19.7 Å². The zero-order chi connectivity index (χ0) is 12.3. The highest BCUT2D eigenvalue weighted by Gasteiger charge is 2.17. The lowest BCUT2D eigenvalue weighted by Gasteiger charge is -2.23. The molecule has 0 aliphatic carbocycles. The molecule has 2 heterocycles. The van der Waals surface area contributed by atoms with Crippen LogP contribution in [0.15, 0.2) is 12.1 Å². The Kier molecular flexibility index (Phi) is 4.20. The van der Waals surface area contributed by atoms with Crippen LogP contribution in [0.4, 0.5) is 5.82 Å². The second-order valence-electron chi connectivity index (χ2n) is 4.24. The van der Waals surface area contributed by atoms with E-state index in [1.807, 2.05) is 6.07 Å². The Morgan fingerprint density at radius 1 is 1.59 bits per heavy atom. The SMILES string of the molecule is CC1CN(c2ccc(Cl)c(CO)n2)CCCO1. The Morgan fingerprint density at radius 2 is 2.41 bits per heavy atom. The van der Waals surface area contributed by atoms with Crippen molar-refractivity contribution in [2.75, 3.05) is 24.6 Å². The van der Waals surface area contributed by atoms with E-state index in [0.29, 0.717) is 10.7 Å². The van der Waals surface area contributed by atoms with Crippen LogP contribution in [0.25, 0.3) is 0 Å². The van der Waals surface area contributed by atoms with Crippen LogP contribution in [0.1, 0.15) is 19.0 Å². The maximum absolute atomic E-state index is 9.16. The first kappa shape index (κ1) is 12.6. The van der Waals surface area contributed by atoms with Crippen molar-refractivity contribution < 1.29 is 9.84 Å². The fourth-order valence-electron chi connectivity index (χ4n) is 1.96. The van der Waals surface area contributed by atoms with Crippen molar-refractivity contribution in [1.82, 2.24) is 4.98 Å². The minimum absolute atomic E-state index is 0.132. The molecule has 1 unspecified atom stereocenters. The fourth-order valence-corrected chi connectivity index (χ4v) is 2.13. The van der Waals surface area contributed by atoms with Gasteiger partial charge in [0.1, 0.15) is 5.82 Å². The number of hydrogen-bond donors (Lipinski definition) is 1. The lowest BCUT2D eigenvalue weighted by atomic mass is 10.3. The predicted octanol–water partition coefficient (Wildman–Crippen LogP) is 1.84. The van der Waals surface area contributed by atoms with Crippen LogP contribution >= 0.6 is 11.6 Å². The topological polar surface area (TPSA) is 45.6 Å². The summed E-state index contributed by atoms with van der Waals surface area (Å²) in [5.74, 6) is 0.857. The molecular weight excluding hydrogens is 240 g/mol. The first-order valence-electron chi connectivity index (χ1n) is 5.83. The summed E-state index contributed by atoms with van der Waals surface area (Å²) in [6.07, 6.45) is 1.19. The summed E-state index contributed by atoms with van der Waals surface area (Å²) in [6.45, 7) is 4.45. The van der Waals surface area contributed by atoms with Crippen LogP contribution in [0, 0.1) is 0 Å². The van der Waals surface area contributed by atoms with Crippen LogP contribution in [-0.4, -0.2) is 35.9 Å². The van der Waals surface area contributed by atoms with Crippen molar-refractivity contribution in [3.63, 3.8) is 0 Å². The zero-order valence-electron chi connectivity index (χ0n) is 9.90. The molecule has 1 aromatic heterocycles. The highest BCUT2D eigenvalue weighted by atomic mass is 35.5. The first-order valence-corrected chi connectivity index (χ1v) is 6.21. The van der Waals surface area contributed by atoms with Crippen LogP contribution in [0.5, 0.6) is 0 Å². The number of halogens is 1. The molecule has 17 heavy (non-hydrogen) atoms. The van der Waals surface area contributed by atoms with Crippen LogP contribution in [0.3, 0.4) is 0 Å². The quantitative estimate of drug-likeness (QED) is 0.877. The van der Waals surface area contributed by atoms with E-state index in [1.54, 1.807) is 6.07 Å². The molecule has 0 saturated carbocycles. The molecule has 4 nitrogen and oxygen atoms in total. The Balaban J connectivity index is 2.20.